The van der Waals surface area contributed by atoms with Crippen molar-refractivity contribution in [1.29, 1.82) is 0 Å². The van der Waals surface area contributed by atoms with Crippen LogP contribution in [0.15, 0.2) is 83.8 Å². The highest BCUT2D eigenvalue weighted by Crippen LogP contribution is 2.27. The van der Waals surface area contributed by atoms with Gasteiger partial charge in [0.25, 0.3) is 10.0 Å². The topological polar surface area (TPSA) is 97.6 Å². The number of carbonyl (C=O) groups is 1. The Bertz CT molecular complexity index is 1430. The first-order valence-electron chi connectivity index (χ1n) is 9.36. The molecule has 0 saturated carbocycles. The third kappa shape index (κ3) is 4.77. The first-order valence-corrected chi connectivity index (χ1v) is 10.8. The Morgan fingerprint density at radius 2 is 1.58 bits per heavy atom. The van der Waals surface area contributed by atoms with E-state index in [4.69, 9.17) is 0 Å². The number of anilines is 1. The fourth-order valence-corrected chi connectivity index (χ4v) is 4.36. The van der Waals surface area contributed by atoms with Crippen molar-refractivity contribution in [3.05, 3.63) is 84.6 Å². The van der Waals surface area contributed by atoms with Crippen LogP contribution >= 0.6 is 0 Å². The van der Waals surface area contributed by atoms with Crippen LogP contribution in [-0.2, 0) is 10.0 Å². The zero-order valence-electron chi connectivity index (χ0n) is 16.6. The van der Waals surface area contributed by atoms with Crippen LogP contribution in [0.5, 0.6) is 5.75 Å². The van der Waals surface area contributed by atoms with Crippen LogP contribution in [0.3, 0.4) is 0 Å². The molecule has 4 aromatic rings. The number of nitrogens with zero attached hydrogens (tertiary/aromatic N) is 1. The van der Waals surface area contributed by atoms with Gasteiger partial charge in [0.15, 0.2) is 0 Å². The van der Waals surface area contributed by atoms with Gasteiger partial charge in [0.1, 0.15) is 11.4 Å². The smallest absolute Gasteiger partial charge is 0.477 e. The summed E-state index contributed by atoms with van der Waals surface area (Å²) in [6.07, 6.45) is -4.88. The number of halogens is 3. The molecule has 33 heavy (non-hydrogen) atoms. The molecule has 0 fully saturated rings. The minimum atomic E-state index is -4.88. The summed E-state index contributed by atoms with van der Waals surface area (Å²) in [5.74, 6) is -1.66. The van der Waals surface area contributed by atoms with Crippen LogP contribution < -0.4 is 9.46 Å². The predicted octanol–water partition coefficient (Wildman–Crippen LogP) is 5.03. The van der Waals surface area contributed by atoms with Gasteiger partial charge in [0.2, 0.25) is 0 Å². The van der Waals surface area contributed by atoms with Crippen molar-refractivity contribution >= 4 is 32.6 Å². The summed E-state index contributed by atoms with van der Waals surface area (Å²) < 4.78 is 69.5. The number of carboxylic acids is 1. The molecule has 7 nitrogen and oxygen atoms in total. The minimum absolute atomic E-state index is 0.0469. The molecule has 3 aromatic carbocycles. The highest BCUT2D eigenvalue weighted by molar-refractivity contribution is 7.92. The number of alkyl halides is 3. The lowest BCUT2D eigenvalue weighted by atomic mass is 10.2. The van der Waals surface area contributed by atoms with E-state index in [1.54, 1.807) is 42.5 Å². The number of carboxylic acid groups (broad SMARTS) is 1. The molecule has 0 aliphatic heterocycles. The maximum atomic E-state index is 12.6. The number of sulfonamides is 1. The van der Waals surface area contributed by atoms with Crippen LogP contribution in [0, 0.1) is 0 Å². The molecule has 4 rings (SSSR count). The van der Waals surface area contributed by atoms with Gasteiger partial charge in [-0.2, -0.15) is 0 Å². The summed E-state index contributed by atoms with van der Waals surface area (Å²) in [6.45, 7) is 0. The third-order valence-corrected chi connectivity index (χ3v) is 6.07. The molecule has 1 heterocycles. The van der Waals surface area contributed by atoms with Crippen LogP contribution in [0.4, 0.5) is 18.9 Å². The highest BCUT2D eigenvalue weighted by atomic mass is 32.2. The number of rotatable bonds is 6. The lowest BCUT2D eigenvalue weighted by Crippen LogP contribution is -2.17. The van der Waals surface area contributed by atoms with Gasteiger partial charge in [-0.25, -0.2) is 13.2 Å². The SMILES string of the molecule is O=C(O)c1cc2ccccc2n1-c1ccc(NS(=O)(=O)c2ccc(OC(F)(F)F)cc2)cc1. The zero-order valence-corrected chi connectivity index (χ0v) is 17.4. The van der Waals surface area contributed by atoms with Crippen molar-refractivity contribution in [1.82, 2.24) is 4.57 Å². The Balaban J connectivity index is 1.59. The number of nitrogens with one attached hydrogen (secondary N) is 1. The lowest BCUT2D eigenvalue weighted by Gasteiger charge is -2.12. The van der Waals surface area contributed by atoms with Gasteiger partial charge in [-0.3, -0.25) is 4.72 Å². The van der Waals surface area contributed by atoms with E-state index in [2.05, 4.69) is 9.46 Å². The summed E-state index contributed by atoms with van der Waals surface area (Å²) in [5, 5.41) is 10.3. The van der Waals surface area contributed by atoms with E-state index in [-0.39, 0.29) is 16.3 Å². The Kier molecular flexibility index (Phi) is 5.50. The number of para-hydroxylation sites is 1. The largest absolute Gasteiger partial charge is 0.573 e. The van der Waals surface area contributed by atoms with Crippen molar-refractivity contribution in [2.45, 2.75) is 11.3 Å². The molecule has 11 heteroatoms. The zero-order chi connectivity index (χ0) is 23.8. The van der Waals surface area contributed by atoms with Gasteiger partial charge in [-0.05, 0) is 60.7 Å². The van der Waals surface area contributed by atoms with Gasteiger partial charge in [-0.15, -0.1) is 13.2 Å². The molecule has 0 saturated heterocycles. The summed E-state index contributed by atoms with van der Waals surface area (Å²) in [7, 11) is -4.08. The number of benzene rings is 3. The van der Waals surface area contributed by atoms with E-state index in [9.17, 15) is 31.5 Å². The fourth-order valence-electron chi connectivity index (χ4n) is 3.30. The van der Waals surface area contributed by atoms with Gasteiger partial charge in [0.05, 0.1) is 10.4 Å². The third-order valence-electron chi connectivity index (χ3n) is 4.68. The number of hydrogen-bond donors (Lipinski definition) is 2. The van der Waals surface area contributed by atoms with Crippen LogP contribution in [-0.4, -0.2) is 30.4 Å². The molecule has 0 spiro atoms. The van der Waals surface area contributed by atoms with E-state index in [0.717, 1.165) is 29.7 Å². The molecule has 0 radical (unpaired) electrons. The lowest BCUT2D eigenvalue weighted by molar-refractivity contribution is -0.274. The average Bonchev–Trinajstić information content (AvgIpc) is 3.13. The molecule has 170 valence electrons. The number of hydrogen-bond acceptors (Lipinski definition) is 4. The normalized spacial score (nSPS) is 12.0. The van der Waals surface area contributed by atoms with Crippen molar-refractivity contribution in [2.75, 3.05) is 4.72 Å². The number of aromatic carboxylic acids is 1. The van der Waals surface area contributed by atoms with Crippen molar-refractivity contribution < 1.29 is 36.2 Å². The summed E-state index contributed by atoms with van der Waals surface area (Å²) >= 11 is 0. The molecule has 0 aliphatic carbocycles. The van der Waals surface area contributed by atoms with E-state index in [0.29, 0.717) is 11.2 Å². The van der Waals surface area contributed by atoms with Crippen molar-refractivity contribution in [2.24, 2.45) is 0 Å². The maximum absolute atomic E-state index is 12.6. The summed E-state index contributed by atoms with van der Waals surface area (Å²) in [5.41, 5.74) is 1.41. The Hall–Kier alpha value is -3.99. The van der Waals surface area contributed by atoms with Crippen LogP contribution in [0.2, 0.25) is 0 Å². The first-order chi connectivity index (χ1) is 15.5. The number of ether oxygens (including phenoxy) is 1. The van der Waals surface area contributed by atoms with Crippen LogP contribution in [0.1, 0.15) is 10.5 Å². The summed E-state index contributed by atoms with van der Waals surface area (Å²) in [4.78, 5) is 11.4. The molecule has 0 bridgehead atoms. The standard InChI is InChI=1S/C22H15F3N2O5S/c23-22(24,25)32-17-9-11-18(12-10-17)33(30,31)26-15-5-7-16(8-6-15)27-19-4-2-1-3-14(19)13-20(27)21(28)29/h1-13,26H,(H,28,29). The van der Waals surface area contributed by atoms with Gasteiger partial charge < -0.3 is 14.4 Å². The van der Waals surface area contributed by atoms with Gasteiger partial charge >= 0.3 is 12.3 Å². The Labute approximate surface area is 185 Å². The van der Waals surface area contributed by atoms with E-state index < -0.39 is 28.1 Å². The van der Waals surface area contributed by atoms with E-state index in [1.165, 1.54) is 16.7 Å². The predicted molar refractivity (Wildman–Crippen MR) is 114 cm³/mol. The van der Waals surface area contributed by atoms with Crippen molar-refractivity contribution in [3.8, 4) is 11.4 Å². The Morgan fingerprint density at radius 1 is 0.939 bits per heavy atom. The molecule has 0 atom stereocenters. The van der Waals surface area contributed by atoms with Gasteiger partial charge in [-0.1, -0.05) is 18.2 Å². The summed E-state index contributed by atoms with van der Waals surface area (Å²) in [6, 6.07) is 18.4. The highest BCUT2D eigenvalue weighted by Gasteiger charge is 2.31. The monoisotopic (exact) mass is 476 g/mol. The Morgan fingerprint density at radius 3 is 2.18 bits per heavy atom. The second-order valence-electron chi connectivity index (χ2n) is 6.90. The molecule has 2 N–H and O–H groups in total. The first kappa shape index (κ1) is 22.2. The fraction of sp³-hybridized carbons (Fsp3) is 0.0455. The molecular weight excluding hydrogens is 461 g/mol. The molecular formula is C22H15F3N2O5S. The molecule has 0 aliphatic rings. The average molecular weight is 476 g/mol. The molecule has 1 aromatic heterocycles. The van der Waals surface area contributed by atoms with Crippen molar-refractivity contribution in [3.63, 3.8) is 0 Å². The van der Waals surface area contributed by atoms with Gasteiger partial charge in [0, 0.05) is 16.8 Å². The molecule has 0 unspecified atom stereocenters. The molecule has 0 amide bonds. The van der Waals surface area contributed by atoms with E-state index in [1.807, 2.05) is 0 Å². The second kappa shape index (κ2) is 8.17. The minimum Gasteiger partial charge on any atom is -0.477 e. The van der Waals surface area contributed by atoms with E-state index >= 15 is 0 Å². The maximum Gasteiger partial charge on any atom is 0.573 e. The quantitative estimate of drug-likeness (QED) is 0.407. The number of aromatic nitrogens is 1. The van der Waals surface area contributed by atoms with Crippen LogP contribution in [0.25, 0.3) is 16.6 Å². The second-order valence-corrected chi connectivity index (χ2v) is 8.58. The number of fused-ring (bicyclic) bond motifs is 1.